The highest BCUT2D eigenvalue weighted by atomic mass is 79.9. The van der Waals surface area contributed by atoms with E-state index in [0.717, 1.165) is 17.6 Å². The predicted molar refractivity (Wildman–Crippen MR) is 75.9 cm³/mol. The normalized spacial score (nSPS) is 25.1. The van der Waals surface area contributed by atoms with Crippen molar-refractivity contribution in [2.45, 2.75) is 31.9 Å². The fourth-order valence-corrected chi connectivity index (χ4v) is 2.80. The molecule has 1 aromatic carbocycles. The highest BCUT2D eigenvalue weighted by Gasteiger charge is 2.25. The molecule has 0 spiro atoms. The maximum absolute atomic E-state index is 6.03. The van der Waals surface area contributed by atoms with E-state index in [1.54, 1.807) is 0 Å². The van der Waals surface area contributed by atoms with Gasteiger partial charge in [0.05, 0.1) is 12.7 Å². The van der Waals surface area contributed by atoms with Crippen LogP contribution in [0.15, 0.2) is 22.7 Å². The SMILES string of the molecule is CC1CN(c2ccc(Br)cc2CCl)C(C)CO1. The fraction of sp³-hybridized carbons (Fsp3) is 0.538. The van der Waals surface area contributed by atoms with Gasteiger partial charge in [-0.15, -0.1) is 11.6 Å². The van der Waals surface area contributed by atoms with Crippen molar-refractivity contribution in [3.05, 3.63) is 28.2 Å². The van der Waals surface area contributed by atoms with Crippen molar-refractivity contribution >= 4 is 33.2 Å². The Morgan fingerprint density at radius 2 is 2.24 bits per heavy atom. The number of hydrogen-bond acceptors (Lipinski definition) is 2. The minimum atomic E-state index is 0.276. The van der Waals surface area contributed by atoms with E-state index in [4.69, 9.17) is 16.3 Å². The average Bonchev–Trinajstić information content (AvgIpc) is 2.32. The Bertz CT molecular complexity index is 399. The molecule has 0 bridgehead atoms. The molecule has 1 saturated heterocycles. The Labute approximate surface area is 116 Å². The van der Waals surface area contributed by atoms with Crippen molar-refractivity contribution in [3.63, 3.8) is 0 Å². The minimum absolute atomic E-state index is 0.276. The van der Waals surface area contributed by atoms with Crippen molar-refractivity contribution < 1.29 is 4.74 Å². The molecule has 2 atom stereocenters. The monoisotopic (exact) mass is 317 g/mol. The molecule has 1 aliphatic heterocycles. The van der Waals surface area contributed by atoms with E-state index in [9.17, 15) is 0 Å². The Hall–Kier alpha value is -0.250. The van der Waals surface area contributed by atoms with Crippen LogP contribution in [-0.2, 0) is 10.6 Å². The molecular formula is C13H17BrClNO. The third-order valence-electron chi connectivity index (χ3n) is 3.10. The number of anilines is 1. The summed E-state index contributed by atoms with van der Waals surface area (Å²) >= 11 is 9.51. The van der Waals surface area contributed by atoms with Crippen LogP contribution in [0.5, 0.6) is 0 Å². The van der Waals surface area contributed by atoms with Gasteiger partial charge in [0, 0.05) is 28.6 Å². The van der Waals surface area contributed by atoms with Gasteiger partial charge in [0.15, 0.2) is 0 Å². The quantitative estimate of drug-likeness (QED) is 0.769. The number of hydrogen-bond donors (Lipinski definition) is 0. The van der Waals surface area contributed by atoms with Gasteiger partial charge in [0.1, 0.15) is 0 Å². The average molecular weight is 319 g/mol. The molecule has 0 aromatic heterocycles. The molecule has 2 unspecified atom stereocenters. The predicted octanol–water partition coefficient (Wildman–Crippen LogP) is 3.80. The van der Waals surface area contributed by atoms with Gasteiger partial charge in [-0.1, -0.05) is 15.9 Å². The van der Waals surface area contributed by atoms with Crippen LogP contribution < -0.4 is 4.90 Å². The third kappa shape index (κ3) is 2.95. The smallest absolute Gasteiger partial charge is 0.0723 e. The van der Waals surface area contributed by atoms with Gasteiger partial charge in [-0.2, -0.15) is 0 Å². The van der Waals surface area contributed by atoms with E-state index in [0.29, 0.717) is 11.9 Å². The Morgan fingerprint density at radius 1 is 1.47 bits per heavy atom. The summed E-state index contributed by atoms with van der Waals surface area (Å²) in [5.41, 5.74) is 2.40. The number of halogens is 2. The van der Waals surface area contributed by atoms with Gasteiger partial charge < -0.3 is 9.64 Å². The lowest BCUT2D eigenvalue weighted by Gasteiger charge is -2.39. The Morgan fingerprint density at radius 3 is 2.94 bits per heavy atom. The van der Waals surface area contributed by atoms with Crippen molar-refractivity contribution in [2.75, 3.05) is 18.1 Å². The van der Waals surface area contributed by atoms with Gasteiger partial charge in [-0.3, -0.25) is 0 Å². The minimum Gasteiger partial charge on any atom is -0.375 e. The van der Waals surface area contributed by atoms with Gasteiger partial charge in [-0.25, -0.2) is 0 Å². The zero-order valence-corrected chi connectivity index (χ0v) is 12.5. The summed E-state index contributed by atoms with van der Waals surface area (Å²) in [7, 11) is 0. The van der Waals surface area contributed by atoms with Crippen molar-refractivity contribution in [3.8, 4) is 0 Å². The first-order valence-corrected chi connectivity index (χ1v) is 7.17. The summed E-state index contributed by atoms with van der Waals surface area (Å²) in [5.74, 6) is 0.535. The molecule has 17 heavy (non-hydrogen) atoms. The van der Waals surface area contributed by atoms with Crippen LogP contribution in [0.4, 0.5) is 5.69 Å². The lowest BCUT2D eigenvalue weighted by Crippen LogP contribution is -2.47. The maximum Gasteiger partial charge on any atom is 0.0723 e. The van der Waals surface area contributed by atoms with Crippen LogP contribution in [0.1, 0.15) is 19.4 Å². The second-order valence-electron chi connectivity index (χ2n) is 4.55. The van der Waals surface area contributed by atoms with Crippen LogP contribution >= 0.6 is 27.5 Å². The van der Waals surface area contributed by atoms with Crippen molar-refractivity contribution in [1.29, 1.82) is 0 Å². The van der Waals surface area contributed by atoms with Gasteiger partial charge in [-0.05, 0) is 37.6 Å². The summed E-state index contributed by atoms with van der Waals surface area (Å²) in [6, 6.07) is 6.69. The molecule has 0 radical (unpaired) electrons. The number of alkyl halides is 1. The largest absolute Gasteiger partial charge is 0.375 e. The molecule has 4 heteroatoms. The summed E-state index contributed by atoms with van der Waals surface area (Å²) in [5, 5.41) is 0. The molecule has 0 N–H and O–H groups in total. The molecule has 2 nitrogen and oxygen atoms in total. The lowest BCUT2D eigenvalue weighted by atomic mass is 10.1. The second kappa shape index (κ2) is 5.59. The number of ether oxygens (including phenoxy) is 1. The second-order valence-corrected chi connectivity index (χ2v) is 5.73. The first-order chi connectivity index (χ1) is 8.11. The van der Waals surface area contributed by atoms with Crippen molar-refractivity contribution in [2.24, 2.45) is 0 Å². The summed E-state index contributed by atoms with van der Waals surface area (Å²) in [4.78, 5) is 2.39. The van der Waals surface area contributed by atoms with Crippen LogP contribution in [-0.4, -0.2) is 25.3 Å². The summed E-state index contributed by atoms with van der Waals surface area (Å²) in [6.45, 7) is 6.00. The van der Waals surface area contributed by atoms with Gasteiger partial charge in [0.2, 0.25) is 0 Å². The molecule has 0 saturated carbocycles. The topological polar surface area (TPSA) is 12.5 Å². The standard InChI is InChI=1S/C13H17BrClNO/c1-9-8-17-10(2)7-16(9)13-4-3-12(14)5-11(13)6-15/h3-5,9-10H,6-8H2,1-2H3. The van der Waals surface area contributed by atoms with Crippen molar-refractivity contribution in [1.82, 2.24) is 0 Å². The molecule has 2 rings (SSSR count). The highest BCUT2D eigenvalue weighted by molar-refractivity contribution is 9.10. The van der Waals surface area contributed by atoms with E-state index in [1.165, 1.54) is 11.3 Å². The van der Waals surface area contributed by atoms with Crippen LogP contribution in [0.3, 0.4) is 0 Å². The van der Waals surface area contributed by atoms with E-state index in [-0.39, 0.29) is 6.10 Å². The third-order valence-corrected chi connectivity index (χ3v) is 3.88. The van der Waals surface area contributed by atoms with Gasteiger partial charge in [0.25, 0.3) is 0 Å². The molecule has 1 aromatic rings. The number of benzene rings is 1. The molecule has 0 amide bonds. The molecule has 1 heterocycles. The van der Waals surface area contributed by atoms with Crippen LogP contribution in [0, 0.1) is 0 Å². The van der Waals surface area contributed by atoms with E-state index in [2.05, 4.69) is 52.9 Å². The molecule has 94 valence electrons. The summed E-state index contributed by atoms with van der Waals surface area (Å²) in [6.07, 6.45) is 0.276. The van der Waals surface area contributed by atoms with Crippen LogP contribution in [0.2, 0.25) is 0 Å². The maximum atomic E-state index is 6.03. The molecule has 1 fully saturated rings. The van der Waals surface area contributed by atoms with Crippen LogP contribution in [0.25, 0.3) is 0 Å². The summed E-state index contributed by atoms with van der Waals surface area (Å²) < 4.78 is 6.73. The first-order valence-electron chi connectivity index (χ1n) is 5.84. The Kier molecular flexibility index (Phi) is 4.34. The highest BCUT2D eigenvalue weighted by Crippen LogP contribution is 2.29. The molecule has 0 aliphatic carbocycles. The Balaban J connectivity index is 2.31. The van der Waals surface area contributed by atoms with E-state index >= 15 is 0 Å². The molecule has 1 aliphatic rings. The first kappa shape index (κ1) is 13.2. The van der Waals surface area contributed by atoms with E-state index in [1.807, 2.05) is 0 Å². The number of nitrogens with zero attached hydrogens (tertiary/aromatic N) is 1. The zero-order chi connectivity index (χ0) is 12.4. The number of rotatable bonds is 2. The fourth-order valence-electron chi connectivity index (χ4n) is 2.18. The zero-order valence-electron chi connectivity index (χ0n) is 10.1. The lowest BCUT2D eigenvalue weighted by molar-refractivity contribution is 0.0343. The number of morpholine rings is 1. The van der Waals surface area contributed by atoms with Gasteiger partial charge >= 0.3 is 0 Å². The van der Waals surface area contributed by atoms with E-state index < -0.39 is 0 Å². The molecular weight excluding hydrogens is 302 g/mol.